The van der Waals surface area contributed by atoms with Gasteiger partial charge in [-0.1, -0.05) is 13.5 Å². The number of hydrogen-bond acceptors (Lipinski definition) is 6. The molecule has 0 aromatic carbocycles. The Kier molecular flexibility index (Phi) is 5.09. The van der Waals surface area contributed by atoms with E-state index < -0.39 is 30.1 Å². The normalized spacial score (nSPS) is 23.4. The van der Waals surface area contributed by atoms with E-state index in [1.807, 2.05) is 6.92 Å². The lowest BCUT2D eigenvalue weighted by molar-refractivity contribution is -0.167. The summed E-state index contributed by atoms with van der Waals surface area (Å²) >= 11 is 0. The Hall–Kier alpha value is -1.85. The maximum atomic E-state index is 11.7. The van der Waals surface area contributed by atoms with Crippen LogP contribution in [0.3, 0.4) is 0 Å². The standard InChI is InChI=1S/C13H18O6/c1-5-8(4)17-12(15)9-6-10(13(16)19-9)18-11(14)7(2)3/h8-10H,2,5-6H2,1,3-4H3. The maximum absolute atomic E-state index is 11.7. The van der Waals surface area contributed by atoms with Crippen LogP contribution in [0.15, 0.2) is 12.2 Å². The monoisotopic (exact) mass is 270 g/mol. The van der Waals surface area contributed by atoms with Gasteiger partial charge in [-0.2, -0.15) is 0 Å². The highest BCUT2D eigenvalue weighted by Gasteiger charge is 2.42. The van der Waals surface area contributed by atoms with E-state index >= 15 is 0 Å². The van der Waals surface area contributed by atoms with Crippen molar-refractivity contribution in [2.75, 3.05) is 0 Å². The lowest BCUT2D eigenvalue weighted by atomic mass is 10.2. The molecule has 0 radical (unpaired) electrons. The molecule has 0 aliphatic carbocycles. The molecular weight excluding hydrogens is 252 g/mol. The van der Waals surface area contributed by atoms with Crippen LogP contribution in [0, 0.1) is 0 Å². The molecule has 0 bridgehead atoms. The van der Waals surface area contributed by atoms with E-state index in [1.165, 1.54) is 6.92 Å². The van der Waals surface area contributed by atoms with E-state index in [0.29, 0.717) is 6.42 Å². The van der Waals surface area contributed by atoms with Gasteiger partial charge in [-0.05, 0) is 20.3 Å². The first-order valence-electron chi connectivity index (χ1n) is 6.12. The zero-order chi connectivity index (χ0) is 14.6. The third-order valence-corrected chi connectivity index (χ3v) is 2.70. The summed E-state index contributed by atoms with van der Waals surface area (Å²) in [6.45, 7) is 8.49. The number of carbonyl (C=O) groups excluding carboxylic acids is 3. The van der Waals surface area contributed by atoms with Crippen molar-refractivity contribution in [3.8, 4) is 0 Å². The molecule has 0 amide bonds. The minimum absolute atomic E-state index is 0.0207. The van der Waals surface area contributed by atoms with Gasteiger partial charge in [0.1, 0.15) is 0 Å². The van der Waals surface area contributed by atoms with Crippen molar-refractivity contribution in [3.05, 3.63) is 12.2 Å². The molecule has 1 fully saturated rings. The predicted molar refractivity (Wildman–Crippen MR) is 65.0 cm³/mol. The molecule has 1 saturated heterocycles. The zero-order valence-corrected chi connectivity index (χ0v) is 11.3. The Labute approximate surface area is 111 Å². The van der Waals surface area contributed by atoms with Crippen molar-refractivity contribution in [3.63, 3.8) is 0 Å². The van der Waals surface area contributed by atoms with Crippen LogP contribution in [0.25, 0.3) is 0 Å². The smallest absolute Gasteiger partial charge is 0.348 e. The van der Waals surface area contributed by atoms with Gasteiger partial charge in [0, 0.05) is 12.0 Å². The summed E-state index contributed by atoms with van der Waals surface area (Å²) in [6.07, 6.45) is -1.68. The lowest BCUT2D eigenvalue weighted by Crippen LogP contribution is -2.27. The van der Waals surface area contributed by atoms with Gasteiger partial charge < -0.3 is 14.2 Å². The third-order valence-electron chi connectivity index (χ3n) is 2.70. The van der Waals surface area contributed by atoms with E-state index in [0.717, 1.165) is 0 Å². The van der Waals surface area contributed by atoms with Crippen LogP contribution >= 0.6 is 0 Å². The number of cyclic esters (lactones) is 1. The fourth-order valence-electron chi connectivity index (χ4n) is 1.38. The molecule has 0 saturated carbocycles. The molecule has 1 aliphatic heterocycles. The van der Waals surface area contributed by atoms with E-state index in [2.05, 4.69) is 6.58 Å². The molecular formula is C13H18O6. The predicted octanol–water partition coefficient (Wildman–Crippen LogP) is 1.13. The number of rotatable bonds is 5. The fraction of sp³-hybridized carbons (Fsp3) is 0.615. The van der Waals surface area contributed by atoms with Gasteiger partial charge in [-0.3, -0.25) is 0 Å². The lowest BCUT2D eigenvalue weighted by Gasteiger charge is -2.13. The minimum Gasteiger partial charge on any atom is -0.460 e. The second-order valence-corrected chi connectivity index (χ2v) is 4.49. The average molecular weight is 270 g/mol. The first-order chi connectivity index (χ1) is 8.85. The molecule has 6 heteroatoms. The SMILES string of the molecule is C=C(C)C(=O)OC1CC(C(=O)OC(C)CC)OC1=O. The second kappa shape index (κ2) is 6.36. The molecule has 3 atom stereocenters. The topological polar surface area (TPSA) is 78.9 Å². The van der Waals surface area contributed by atoms with Crippen molar-refractivity contribution in [2.24, 2.45) is 0 Å². The van der Waals surface area contributed by atoms with Crippen LogP contribution in [0.2, 0.25) is 0 Å². The Bertz CT molecular complexity index is 400. The molecule has 0 aromatic heterocycles. The first kappa shape index (κ1) is 15.2. The Morgan fingerprint density at radius 3 is 2.68 bits per heavy atom. The van der Waals surface area contributed by atoms with Crippen molar-refractivity contribution in [1.29, 1.82) is 0 Å². The molecule has 6 nitrogen and oxygen atoms in total. The summed E-state index contributed by atoms with van der Waals surface area (Å²) in [5, 5.41) is 0. The number of hydrogen-bond donors (Lipinski definition) is 0. The van der Waals surface area contributed by atoms with Gasteiger partial charge in [0.05, 0.1) is 6.10 Å². The number of ether oxygens (including phenoxy) is 3. The summed E-state index contributed by atoms with van der Waals surface area (Å²) < 4.78 is 14.8. The first-order valence-corrected chi connectivity index (χ1v) is 6.12. The molecule has 0 N–H and O–H groups in total. The van der Waals surface area contributed by atoms with Gasteiger partial charge in [-0.25, -0.2) is 14.4 Å². The Balaban J connectivity index is 2.55. The van der Waals surface area contributed by atoms with Crippen LogP contribution in [-0.4, -0.2) is 36.2 Å². The average Bonchev–Trinajstić information content (AvgIpc) is 2.70. The largest absolute Gasteiger partial charge is 0.460 e. The van der Waals surface area contributed by atoms with E-state index in [4.69, 9.17) is 14.2 Å². The second-order valence-electron chi connectivity index (χ2n) is 4.49. The van der Waals surface area contributed by atoms with E-state index in [-0.39, 0.29) is 18.1 Å². The van der Waals surface area contributed by atoms with Crippen molar-refractivity contribution < 1.29 is 28.6 Å². The Morgan fingerprint density at radius 2 is 2.16 bits per heavy atom. The summed E-state index contributed by atoms with van der Waals surface area (Å²) in [6, 6.07) is 0. The highest BCUT2D eigenvalue weighted by molar-refractivity contribution is 5.91. The maximum Gasteiger partial charge on any atom is 0.348 e. The molecule has 0 spiro atoms. The molecule has 1 aliphatic rings. The molecule has 19 heavy (non-hydrogen) atoms. The minimum atomic E-state index is -1.07. The van der Waals surface area contributed by atoms with Gasteiger partial charge in [-0.15, -0.1) is 0 Å². The van der Waals surface area contributed by atoms with Gasteiger partial charge >= 0.3 is 17.9 Å². The zero-order valence-electron chi connectivity index (χ0n) is 11.3. The Morgan fingerprint density at radius 1 is 1.53 bits per heavy atom. The fourth-order valence-corrected chi connectivity index (χ4v) is 1.38. The highest BCUT2D eigenvalue weighted by atomic mass is 16.6. The molecule has 3 unspecified atom stereocenters. The van der Waals surface area contributed by atoms with E-state index in [1.54, 1.807) is 6.92 Å². The summed E-state index contributed by atoms with van der Waals surface area (Å²) in [4.78, 5) is 34.4. The van der Waals surface area contributed by atoms with Gasteiger partial charge in [0.2, 0.25) is 12.2 Å². The van der Waals surface area contributed by atoms with E-state index in [9.17, 15) is 14.4 Å². The highest BCUT2D eigenvalue weighted by Crippen LogP contribution is 2.20. The van der Waals surface area contributed by atoms with Gasteiger partial charge in [0.15, 0.2) is 0 Å². The molecule has 1 heterocycles. The summed E-state index contributed by atoms with van der Waals surface area (Å²) in [5.41, 5.74) is 0.179. The van der Waals surface area contributed by atoms with Crippen LogP contribution in [0.4, 0.5) is 0 Å². The van der Waals surface area contributed by atoms with Crippen molar-refractivity contribution in [2.45, 2.75) is 51.9 Å². The summed E-state index contributed by atoms with van der Waals surface area (Å²) in [7, 11) is 0. The van der Waals surface area contributed by atoms with Gasteiger partial charge in [0.25, 0.3) is 0 Å². The number of carbonyl (C=O) groups is 3. The van der Waals surface area contributed by atoms with Crippen molar-refractivity contribution >= 4 is 17.9 Å². The summed E-state index contributed by atoms with van der Waals surface area (Å²) in [5.74, 6) is -2.03. The van der Waals surface area contributed by atoms with Crippen LogP contribution in [0.1, 0.15) is 33.6 Å². The molecule has 1 rings (SSSR count). The quantitative estimate of drug-likeness (QED) is 0.423. The van der Waals surface area contributed by atoms with Crippen molar-refractivity contribution in [1.82, 2.24) is 0 Å². The molecule has 106 valence electrons. The van der Waals surface area contributed by atoms with Crippen LogP contribution in [-0.2, 0) is 28.6 Å². The van der Waals surface area contributed by atoms with Crippen LogP contribution in [0.5, 0.6) is 0 Å². The number of esters is 3. The van der Waals surface area contributed by atoms with Crippen LogP contribution < -0.4 is 0 Å². The molecule has 0 aromatic rings. The third kappa shape index (κ3) is 4.08.